The Labute approximate surface area is 147 Å². The Morgan fingerprint density at radius 2 is 2.12 bits per heavy atom. The summed E-state index contributed by atoms with van der Waals surface area (Å²) in [6, 6.07) is 9.38. The van der Waals surface area contributed by atoms with Crippen LogP contribution < -0.4 is 14.2 Å². The Morgan fingerprint density at radius 1 is 1.24 bits per heavy atom. The lowest BCUT2D eigenvalue weighted by molar-refractivity contribution is 0.163. The topological polar surface area (TPSA) is 43.8 Å². The SMILES string of the molecule is CCOc1cc2c(cc1CN1[C@H]3CC[C@@H]1c1cccnc1C3)OCO2. The van der Waals surface area contributed by atoms with Gasteiger partial charge in [0, 0.05) is 48.6 Å². The number of fused-ring (bicyclic) bond motifs is 5. The van der Waals surface area contributed by atoms with E-state index in [1.165, 1.54) is 29.7 Å². The molecular weight excluding hydrogens is 316 g/mol. The van der Waals surface area contributed by atoms with Gasteiger partial charge in [-0.3, -0.25) is 9.88 Å². The van der Waals surface area contributed by atoms with E-state index in [1.54, 1.807) is 0 Å². The summed E-state index contributed by atoms with van der Waals surface area (Å²) >= 11 is 0. The Morgan fingerprint density at radius 3 is 3.00 bits per heavy atom. The first kappa shape index (κ1) is 15.0. The number of rotatable bonds is 4. The third-order valence-corrected chi connectivity index (χ3v) is 5.56. The number of aromatic nitrogens is 1. The number of pyridine rings is 1. The maximum atomic E-state index is 5.89. The molecule has 130 valence electrons. The molecule has 0 aliphatic carbocycles. The molecule has 0 radical (unpaired) electrons. The zero-order valence-electron chi connectivity index (χ0n) is 14.4. The monoisotopic (exact) mass is 338 g/mol. The molecule has 2 atom stereocenters. The molecule has 1 fully saturated rings. The predicted molar refractivity (Wildman–Crippen MR) is 93.0 cm³/mol. The van der Waals surface area contributed by atoms with Gasteiger partial charge in [0.2, 0.25) is 6.79 Å². The van der Waals surface area contributed by atoms with Crippen molar-refractivity contribution in [3.8, 4) is 17.2 Å². The van der Waals surface area contributed by atoms with Crippen molar-refractivity contribution in [2.24, 2.45) is 0 Å². The molecular formula is C20H22N2O3. The van der Waals surface area contributed by atoms with Gasteiger partial charge in [-0.05, 0) is 37.5 Å². The number of hydrogen-bond acceptors (Lipinski definition) is 5. The lowest BCUT2D eigenvalue weighted by atomic mass is 9.97. The maximum Gasteiger partial charge on any atom is 0.231 e. The van der Waals surface area contributed by atoms with Gasteiger partial charge in [0.05, 0.1) is 6.61 Å². The van der Waals surface area contributed by atoms with Crippen LogP contribution in [-0.2, 0) is 13.0 Å². The molecule has 0 N–H and O–H groups in total. The van der Waals surface area contributed by atoms with Gasteiger partial charge in [0.15, 0.2) is 11.5 Å². The molecule has 25 heavy (non-hydrogen) atoms. The first-order valence-corrected chi connectivity index (χ1v) is 9.08. The van der Waals surface area contributed by atoms with E-state index in [1.807, 2.05) is 19.2 Å². The smallest absolute Gasteiger partial charge is 0.231 e. The fraction of sp³-hybridized carbons (Fsp3) is 0.450. The first-order chi connectivity index (χ1) is 12.3. The summed E-state index contributed by atoms with van der Waals surface area (Å²) in [5, 5.41) is 0. The third-order valence-electron chi connectivity index (χ3n) is 5.56. The zero-order chi connectivity index (χ0) is 16.8. The Kier molecular flexibility index (Phi) is 3.55. The molecule has 2 bridgehead atoms. The molecule has 4 heterocycles. The Hall–Kier alpha value is -2.27. The van der Waals surface area contributed by atoms with Crippen LogP contribution in [0.4, 0.5) is 0 Å². The average Bonchev–Trinajstić information content (AvgIpc) is 3.18. The van der Waals surface area contributed by atoms with Crippen molar-refractivity contribution in [1.82, 2.24) is 9.88 Å². The highest BCUT2D eigenvalue weighted by Gasteiger charge is 2.40. The van der Waals surface area contributed by atoms with Crippen LogP contribution in [0.1, 0.15) is 42.6 Å². The van der Waals surface area contributed by atoms with Crippen molar-refractivity contribution < 1.29 is 14.2 Å². The molecule has 2 aromatic rings. The summed E-state index contributed by atoms with van der Waals surface area (Å²) in [6.07, 6.45) is 5.40. The van der Waals surface area contributed by atoms with Crippen LogP contribution >= 0.6 is 0 Å². The van der Waals surface area contributed by atoms with E-state index in [0.717, 1.165) is 30.2 Å². The minimum absolute atomic E-state index is 0.290. The number of nitrogens with zero attached hydrogens (tertiary/aromatic N) is 2. The van der Waals surface area contributed by atoms with Crippen molar-refractivity contribution in [3.63, 3.8) is 0 Å². The molecule has 0 spiro atoms. The molecule has 5 heteroatoms. The zero-order valence-corrected chi connectivity index (χ0v) is 14.4. The highest BCUT2D eigenvalue weighted by atomic mass is 16.7. The largest absolute Gasteiger partial charge is 0.493 e. The second-order valence-corrected chi connectivity index (χ2v) is 6.91. The fourth-order valence-corrected chi connectivity index (χ4v) is 4.45. The second kappa shape index (κ2) is 5.92. The van der Waals surface area contributed by atoms with Gasteiger partial charge in [0.1, 0.15) is 5.75 Å². The summed E-state index contributed by atoms with van der Waals surface area (Å²) < 4.78 is 17.0. The van der Waals surface area contributed by atoms with E-state index in [4.69, 9.17) is 14.2 Å². The molecule has 1 aromatic carbocycles. The normalized spacial score (nSPS) is 23.6. The van der Waals surface area contributed by atoms with E-state index in [0.29, 0.717) is 25.5 Å². The van der Waals surface area contributed by atoms with Crippen molar-refractivity contribution in [2.45, 2.75) is 44.8 Å². The lowest BCUT2D eigenvalue weighted by Gasteiger charge is -2.36. The molecule has 0 amide bonds. The quantitative estimate of drug-likeness (QED) is 0.854. The predicted octanol–water partition coefficient (Wildman–Crippen LogP) is 3.47. The number of ether oxygens (including phenoxy) is 3. The van der Waals surface area contributed by atoms with Crippen LogP contribution in [-0.4, -0.2) is 29.3 Å². The summed E-state index contributed by atoms with van der Waals surface area (Å²) in [5.74, 6) is 2.51. The van der Waals surface area contributed by atoms with Gasteiger partial charge in [-0.1, -0.05) is 6.07 Å². The minimum atomic E-state index is 0.290. The van der Waals surface area contributed by atoms with Crippen LogP contribution in [0.2, 0.25) is 0 Å². The third kappa shape index (κ3) is 2.45. The van der Waals surface area contributed by atoms with Gasteiger partial charge >= 0.3 is 0 Å². The van der Waals surface area contributed by atoms with Crippen molar-refractivity contribution >= 4 is 0 Å². The molecule has 5 rings (SSSR count). The van der Waals surface area contributed by atoms with Gasteiger partial charge in [0.25, 0.3) is 0 Å². The average molecular weight is 338 g/mol. The highest BCUT2D eigenvalue weighted by molar-refractivity contribution is 5.52. The Balaban J connectivity index is 1.48. The second-order valence-electron chi connectivity index (χ2n) is 6.91. The van der Waals surface area contributed by atoms with E-state index >= 15 is 0 Å². The van der Waals surface area contributed by atoms with Gasteiger partial charge < -0.3 is 14.2 Å². The summed E-state index contributed by atoms with van der Waals surface area (Å²) in [4.78, 5) is 7.22. The lowest BCUT2D eigenvalue weighted by Crippen LogP contribution is -2.37. The number of benzene rings is 1. The van der Waals surface area contributed by atoms with Gasteiger partial charge in [-0.2, -0.15) is 0 Å². The van der Waals surface area contributed by atoms with Gasteiger partial charge in [-0.15, -0.1) is 0 Å². The van der Waals surface area contributed by atoms with Crippen LogP contribution in [0.15, 0.2) is 30.5 Å². The van der Waals surface area contributed by atoms with Crippen molar-refractivity contribution in [2.75, 3.05) is 13.4 Å². The summed E-state index contributed by atoms with van der Waals surface area (Å²) in [7, 11) is 0. The molecule has 1 saturated heterocycles. The van der Waals surface area contributed by atoms with E-state index in [-0.39, 0.29) is 0 Å². The van der Waals surface area contributed by atoms with Crippen molar-refractivity contribution in [1.29, 1.82) is 0 Å². The Bertz CT molecular complexity index is 808. The molecule has 1 aromatic heterocycles. The molecule has 5 nitrogen and oxygen atoms in total. The molecule has 3 aliphatic rings. The van der Waals surface area contributed by atoms with Crippen LogP contribution in [0.25, 0.3) is 0 Å². The van der Waals surface area contributed by atoms with E-state index < -0.39 is 0 Å². The minimum Gasteiger partial charge on any atom is -0.493 e. The van der Waals surface area contributed by atoms with E-state index in [9.17, 15) is 0 Å². The van der Waals surface area contributed by atoms with Crippen LogP contribution in [0.3, 0.4) is 0 Å². The molecule has 0 unspecified atom stereocenters. The van der Waals surface area contributed by atoms with E-state index in [2.05, 4.69) is 28.1 Å². The standard InChI is InChI=1S/C20H22N2O3/c1-2-23-18-10-20-19(24-12-25-20)8-13(18)11-22-14-5-6-17(22)15-4-3-7-21-16(15)9-14/h3-4,7-8,10,14,17H,2,5-6,9,11-12H2,1H3/t14-,17+/m0/s1. The highest BCUT2D eigenvalue weighted by Crippen LogP contribution is 2.46. The van der Waals surface area contributed by atoms with Gasteiger partial charge in [-0.25, -0.2) is 0 Å². The number of hydrogen-bond donors (Lipinski definition) is 0. The van der Waals surface area contributed by atoms with Crippen LogP contribution in [0.5, 0.6) is 17.2 Å². The van der Waals surface area contributed by atoms with Crippen LogP contribution in [0, 0.1) is 0 Å². The van der Waals surface area contributed by atoms with Crippen molar-refractivity contribution in [3.05, 3.63) is 47.3 Å². The molecule has 3 aliphatic heterocycles. The summed E-state index contributed by atoms with van der Waals surface area (Å²) in [6.45, 7) is 3.82. The first-order valence-electron chi connectivity index (χ1n) is 9.08. The summed E-state index contributed by atoms with van der Waals surface area (Å²) in [5.41, 5.74) is 3.85. The maximum absolute atomic E-state index is 5.89. The molecule has 0 saturated carbocycles. The fourth-order valence-electron chi connectivity index (χ4n) is 4.45.